The van der Waals surface area contributed by atoms with Crippen molar-refractivity contribution in [3.8, 4) is 0 Å². The van der Waals surface area contributed by atoms with E-state index in [0.717, 1.165) is 18.4 Å². The Hall–Kier alpha value is -1.39. The summed E-state index contributed by atoms with van der Waals surface area (Å²) in [6, 6.07) is 9.78. The van der Waals surface area contributed by atoms with Gasteiger partial charge in [0, 0.05) is 36.2 Å². The summed E-state index contributed by atoms with van der Waals surface area (Å²) in [5.74, 6) is 2.34. The number of carbonyl (C=O) groups is 1. The summed E-state index contributed by atoms with van der Waals surface area (Å²) in [4.78, 5) is 18.2. The molecule has 2 bridgehead atoms. The van der Waals surface area contributed by atoms with Crippen molar-refractivity contribution in [1.82, 2.24) is 4.90 Å². The zero-order valence-corrected chi connectivity index (χ0v) is 14.4. The standard InChI is InChI=1S/C21H24N2O2/c24-18-10-16-19-13-9-17-21(6-7-22(17)11-12(13)5-8-25-16)14-3-1-2-4-15(14)23(18)20(19)21/h1-4,12-13,16-17,19-20H,5-11H2/t12-,13-,16+,17-,19-,20+,21+/m1/s1. The van der Waals surface area contributed by atoms with Crippen molar-refractivity contribution in [1.29, 1.82) is 0 Å². The molecule has 1 amide bonds. The lowest BCUT2D eigenvalue weighted by Crippen LogP contribution is -2.70. The maximum Gasteiger partial charge on any atom is 0.229 e. The second-order valence-corrected chi connectivity index (χ2v) is 9.17. The summed E-state index contributed by atoms with van der Waals surface area (Å²) < 4.78 is 6.33. The molecule has 0 N–H and O–H groups in total. The van der Waals surface area contributed by atoms with E-state index in [0.29, 0.717) is 30.3 Å². The van der Waals surface area contributed by atoms with Gasteiger partial charge in [0.15, 0.2) is 0 Å². The Morgan fingerprint density at radius 3 is 3.12 bits per heavy atom. The fourth-order valence-corrected chi connectivity index (χ4v) is 7.96. The summed E-state index contributed by atoms with van der Waals surface area (Å²) in [5, 5.41) is 0. The molecule has 4 nitrogen and oxygen atoms in total. The molecule has 5 heterocycles. The second-order valence-electron chi connectivity index (χ2n) is 9.17. The molecule has 4 saturated heterocycles. The van der Waals surface area contributed by atoms with Gasteiger partial charge < -0.3 is 9.64 Å². The van der Waals surface area contributed by atoms with Gasteiger partial charge in [-0.1, -0.05) is 18.2 Å². The number of rotatable bonds is 0. The molecule has 0 unspecified atom stereocenters. The van der Waals surface area contributed by atoms with Crippen molar-refractivity contribution >= 4 is 11.6 Å². The Bertz CT molecular complexity index is 794. The number of amides is 1. The van der Waals surface area contributed by atoms with Crippen LogP contribution in [0.1, 0.15) is 31.2 Å². The first-order valence-corrected chi connectivity index (χ1v) is 10.1. The Morgan fingerprint density at radius 2 is 2.16 bits per heavy atom. The molecule has 4 heteroatoms. The van der Waals surface area contributed by atoms with Crippen molar-refractivity contribution in [2.45, 2.75) is 49.3 Å². The van der Waals surface area contributed by atoms with Crippen molar-refractivity contribution in [3.05, 3.63) is 29.8 Å². The van der Waals surface area contributed by atoms with E-state index in [1.807, 2.05) is 0 Å². The van der Waals surface area contributed by atoms with Crippen LogP contribution >= 0.6 is 0 Å². The van der Waals surface area contributed by atoms with Crippen LogP contribution in [0, 0.1) is 17.8 Å². The summed E-state index contributed by atoms with van der Waals surface area (Å²) in [6.45, 7) is 3.31. The van der Waals surface area contributed by atoms with Crippen LogP contribution in [0.25, 0.3) is 0 Å². The SMILES string of the molecule is O=C1C[C@@H]2OCC[C@@H]3CN4CC[C@@]56c7ccccc7N1[C@H]5[C@@H]2[C@@H]3C[C@@H]46. The average Bonchev–Trinajstić information content (AvgIpc) is 3.10. The van der Waals surface area contributed by atoms with Crippen LogP contribution < -0.4 is 4.90 Å². The minimum absolute atomic E-state index is 0.156. The first kappa shape index (κ1) is 13.8. The Kier molecular flexibility index (Phi) is 2.36. The topological polar surface area (TPSA) is 32.8 Å². The van der Waals surface area contributed by atoms with Crippen molar-refractivity contribution in [2.75, 3.05) is 24.6 Å². The number of anilines is 1. The number of benzene rings is 1. The maximum atomic E-state index is 13.2. The molecule has 1 spiro atoms. The van der Waals surface area contributed by atoms with E-state index in [1.54, 1.807) is 0 Å². The van der Waals surface area contributed by atoms with E-state index in [-0.39, 0.29) is 11.5 Å². The van der Waals surface area contributed by atoms with Gasteiger partial charge in [-0.15, -0.1) is 0 Å². The molecular formula is C21H24N2O2. The lowest BCUT2D eigenvalue weighted by Gasteiger charge is -2.59. The van der Waals surface area contributed by atoms with Gasteiger partial charge in [0.05, 0.1) is 18.6 Å². The van der Waals surface area contributed by atoms with Gasteiger partial charge in [-0.3, -0.25) is 9.69 Å². The molecule has 1 aromatic rings. The third kappa shape index (κ3) is 1.37. The van der Waals surface area contributed by atoms with E-state index in [4.69, 9.17) is 4.74 Å². The third-order valence-electron chi connectivity index (χ3n) is 8.64. The number of ether oxygens (including phenoxy) is 1. The van der Waals surface area contributed by atoms with Gasteiger partial charge >= 0.3 is 0 Å². The normalized spacial score (nSPS) is 49.1. The number of nitrogens with zero attached hydrogens (tertiary/aromatic N) is 2. The van der Waals surface area contributed by atoms with Crippen LogP contribution in [0.3, 0.4) is 0 Å². The predicted molar refractivity (Wildman–Crippen MR) is 93.4 cm³/mol. The van der Waals surface area contributed by atoms with Gasteiger partial charge in [-0.05, 0) is 49.3 Å². The lowest BCUT2D eigenvalue weighted by molar-refractivity contribution is -0.134. The number of hydrogen-bond acceptors (Lipinski definition) is 3. The first-order valence-electron chi connectivity index (χ1n) is 10.1. The zero-order chi connectivity index (χ0) is 16.3. The minimum atomic E-state index is 0.156. The van der Waals surface area contributed by atoms with Gasteiger partial charge in [0.25, 0.3) is 0 Å². The highest BCUT2D eigenvalue weighted by Gasteiger charge is 2.71. The van der Waals surface area contributed by atoms with Crippen molar-refractivity contribution in [3.63, 3.8) is 0 Å². The molecule has 0 radical (unpaired) electrons. The van der Waals surface area contributed by atoms with Crippen molar-refractivity contribution < 1.29 is 9.53 Å². The maximum absolute atomic E-state index is 13.2. The largest absolute Gasteiger partial charge is 0.377 e. The van der Waals surface area contributed by atoms with Crippen LogP contribution in [-0.4, -0.2) is 48.7 Å². The summed E-state index contributed by atoms with van der Waals surface area (Å²) in [7, 11) is 0. The molecule has 5 fully saturated rings. The molecule has 1 aliphatic carbocycles. The second kappa shape index (κ2) is 4.29. The number of piperidine rings is 2. The van der Waals surface area contributed by atoms with Crippen LogP contribution in [0.15, 0.2) is 24.3 Å². The first-order chi connectivity index (χ1) is 12.3. The number of carbonyl (C=O) groups excluding carboxylic acids is 1. The third-order valence-corrected chi connectivity index (χ3v) is 8.64. The molecule has 130 valence electrons. The smallest absolute Gasteiger partial charge is 0.229 e. The molecular weight excluding hydrogens is 312 g/mol. The Labute approximate surface area is 148 Å². The quantitative estimate of drug-likeness (QED) is 0.728. The van der Waals surface area contributed by atoms with Crippen LogP contribution in [0.5, 0.6) is 0 Å². The number of fused-ring (bicyclic) bond motifs is 2. The zero-order valence-electron chi connectivity index (χ0n) is 14.4. The highest BCUT2D eigenvalue weighted by atomic mass is 16.5. The van der Waals surface area contributed by atoms with E-state index < -0.39 is 0 Å². The highest BCUT2D eigenvalue weighted by molar-refractivity contribution is 5.99. The van der Waals surface area contributed by atoms with Gasteiger partial charge in [0.1, 0.15) is 0 Å². The molecule has 5 aliphatic heterocycles. The molecule has 7 atom stereocenters. The Morgan fingerprint density at radius 1 is 1.24 bits per heavy atom. The monoisotopic (exact) mass is 336 g/mol. The van der Waals surface area contributed by atoms with Gasteiger partial charge in [-0.2, -0.15) is 0 Å². The highest BCUT2D eigenvalue weighted by Crippen LogP contribution is 2.66. The molecule has 25 heavy (non-hydrogen) atoms. The van der Waals surface area contributed by atoms with E-state index >= 15 is 0 Å². The minimum Gasteiger partial charge on any atom is -0.377 e. The van der Waals surface area contributed by atoms with Gasteiger partial charge in [-0.25, -0.2) is 0 Å². The molecule has 1 aromatic carbocycles. The predicted octanol–water partition coefficient (Wildman–Crippen LogP) is 2.17. The van der Waals surface area contributed by atoms with Crippen LogP contribution in [0.4, 0.5) is 5.69 Å². The number of hydrogen-bond donors (Lipinski definition) is 0. The lowest BCUT2D eigenvalue weighted by atomic mass is 9.52. The van der Waals surface area contributed by atoms with E-state index in [1.165, 1.54) is 43.6 Å². The molecule has 7 rings (SSSR count). The summed E-state index contributed by atoms with van der Waals surface area (Å²) >= 11 is 0. The molecule has 1 saturated carbocycles. The van der Waals surface area contributed by atoms with Gasteiger partial charge in [0.2, 0.25) is 5.91 Å². The fraction of sp³-hybridized carbons (Fsp3) is 0.667. The summed E-state index contributed by atoms with van der Waals surface area (Å²) in [5.41, 5.74) is 2.83. The average molecular weight is 336 g/mol. The van der Waals surface area contributed by atoms with Crippen LogP contribution in [0.2, 0.25) is 0 Å². The Balaban J connectivity index is 1.53. The molecule has 6 aliphatic rings. The van der Waals surface area contributed by atoms with E-state index in [2.05, 4.69) is 34.1 Å². The van der Waals surface area contributed by atoms with Crippen LogP contribution in [-0.2, 0) is 14.9 Å². The summed E-state index contributed by atoms with van der Waals surface area (Å²) in [6.07, 6.45) is 4.46. The number of para-hydroxylation sites is 1. The van der Waals surface area contributed by atoms with E-state index in [9.17, 15) is 4.79 Å². The van der Waals surface area contributed by atoms with Crippen molar-refractivity contribution in [2.24, 2.45) is 17.8 Å². The molecule has 0 aromatic heterocycles. The fourth-order valence-electron chi connectivity index (χ4n) is 7.96.